The minimum absolute atomic E-state index is 0.0899. The van der Waals surface area contributed by atoms with Crippen LogP contribution in [-0.2, 0) is 14.3 Å². The van der Waals surface area contributed by atoms with E-state index in [-0.39, 0.29) is 6.61 Å². The van der Waals surface area contributed by atoms with Crippen molar-refractivity contribution in [3.05, 3.63) is 40.4 Å². The smallest absolute Gasteiger partial charge is 0.378 e. The molecule has 0 N–H and O–H groups in total. The zero-order chi connectivity index (χ0) is 13.7. The van der Waals surface area contributed by atoms with Crippen molar-refractivity contribution < 1.29 is 19.4 Å². The lowest BCUT2D eigenvalue weighted by Gasteiger charge is -2.12. The molecule has 0 aliphatic heterocycles. The van der Waals surface area contributed by atoms with Crippen LogP contribution in [0.5, 0.6) is 0 Å². The third-order valence-electron chi connectivity index (χ3n) is 2.18. The fraction of sp³-hybridized carbons (Fsp3) is 0.231. The summed E-state index contributed by atoms with van der Waals surface area (Å²) in [4.78, 5) is 22.3. The molecule has 0 bridgehead atoms. The molecule has 1 aromatic rings. The van der Waals surface area contributed by atoms with Crippen molar-refractivity contribution in [1.29, 1.82) is 0 Å². The predicted octanol–water partition coefficient (Wildman–Crippen LogP) is 1.48. The number of carbonyl (C=O) groups excluding carboxylic acids is 2. The predicted molar refractivity (Wildman–Crippen MR) is 65.8 cm³/mol. The second-order valence-electron chi connectivity index (χ2n) is 3.56. The van der Waals surface area contributed by atoms with Gasteiger partial charge in [-0.1, -0.05) is 29.5 Å². The Hall–Kier alpha value is -1.81. The van der Waals surface area contributed by atoms with Gasteiger partial charge in [0.25, 0.3) is 5.78 Å². The summed E-state index contributed by atoms with van der Waals surface area (Å²) in [7, 11) is 0. The van der Waals surface area contributed by atoms with Crippen molar-refractivity contribution >= 4 is 29.1 Å². The quantitative estimate of drug-likeness (QED) is 0.359. The Morgan fingerprint density at radius 3 is 2.67 bits per heavy atom. The number of carbonyl (C=O) groups is 2. The molecule has 0 unspecified atom stereocenters. The van der Waals surface area contributed by atoms with Crippen LogP contribution in [0.15, 0.2) is 24.3 Å². The van der Waals surface area contributed by atoms with E-state index in [4.69, 9.17) is 11.6 Å². The molecular formula is C13H12ClO4-. The van der Waals surface area contributed by atoms with Gasteiger partial charge < -0.3 is 9.84 Å². The summed E-state index contributed by atoms with van der Waals surface area (Å²) in [5.41, 5.74) is 1.02. The number of ketones is 1. The summed E-state index contributed by atoms with van der Waals surface area (Å²) >= 11 is 5.82. The van der Waals surface area contributed by atoms with Crippen LogP contribution in [0.25, 0.3) is 5.76 Å². The summed E-state index contributed by atoms with van der Waals surface area (Å²) < 4.78 is 4.49. The number of rotatable bonds is 4. The number of benzene rings is 1. The third-order valence-corrected chi connectivity index (χ3v) is 2.61. The molecule has 0 aliphatic carbocycles. The molecule has 0 aliphatic rings. The molecule has 1 rings (SSSR count). The number of esters is 1. The van der Waals surface area contributed by atoms with Crippen LogP contribution < -0.4 is 5.11 Å². The van der Waals surface area contributed by atoms with Crippen molar-refractivity contribution in [1.82, 2.24) is 0 Å². The van der Waals surface area contributed by atoms with Crippen LogP contribution in [0, 0.1) is 6.92 Å². The Morgan fingerprint density at radius 2 is 2.11 bits per heavy atom. The number of halogens is 1. The van der Waals surface area contributed by atoms with Crippen LogP contribution in [0.4, 0.5) is 0 Å². The van der Waals surface area contributed by atoms with Crippen molar-refractivity contribution in [2.75, 3.05) is 6.61 Å². The molecule has 1 aromatic carbocycles. The molecule has 0 radical (unpaired) electrons. The van der Waals surface area contributed by atoms with Gasteiger partial charge in [-0.15, -0.1) is 0 Å². The lowest BCUT2D eigenvalue weighted by Crippen LogP contribution is -2.17. The molecule has 4 nitrogen and oxygen atoms in total. The molecule has 0 atom stereocenters. The lowest BCUT2D eigenvalue weighted by atomic mass is 10.1. The van der Waals surface area contributed by atoms with Gasteiger partial charge in [-0.3, -0.25) is 4.79 Å². The molecule has 0 fully saturated rings. The summed E-state index contributed by atoms with van der Waals surface area (Å²) in [6, 6.07) is 4.61. The van der Waals surface area contributed by atoms with Gasteiger partial charge in [-0.25, -0.2) is 4.79 Å². The highest BCUT2D eigenvalue weighted by Crippen LogP contribution is 2.19. The Kier molecular flexibility index (Phi) is 4.92. The van der Waals surface area contributed by atoms with Gasteiger partial charge in [0.2, 0.25) is 0 Å². The molecular weight excluding hydrogens is 256 g/mol. The number of ether oxygens (including phenoxy) is 1. The Bertz CT molecular complexity index is 506. The van der Waals surface area contributed by atoms with E-state index in [1.54, 1.807) is 26.0 Å². The van der Waals surface area contributed by atoms with Gasteiger partial charge in [-0.2, -0.15) is 0 Å². The highest BCUT2D eigenvalue weighted by atomic mass is 35.5. The van der Waals surface area contributed by atoms with Crippen LogP contribution in [0.2, 0.25) is 5.02 Å². The first-order chi connectivity index (χ1) is 8.45. The summed E-state index contributed by atoms with van der Waals surface area (Å²) in [5.74, 6) is -2.54. The maximum atomic E-state index is 11.7. The van der Waals surface area contributed by atoms with Gasteiger partial charge in [0.15, 0.2) is 0 Å². The van der Waals surface area contributed by atoms with Gasteiger partial charge in [0, 0.05) is 5.02 Å². The van der Waals surface area contributed by atoms with Crippen LogP contribution in [0.1, 0.15) is 18.1 Å². The van der Waals surface area contributed by atoms with E-state index in [0.717, 1.165) is 11.6 Å². The second kappa shape index (κ2) is 6.21. The molecule has 0 aromatic heterocycles. The van der Waals surface area contributed by atoms with E-state index in [1.165, 1.54) is 6.07 Å². The second-order valence-corrected chi connectivity index (χ2v) is 3.96. The summed E-state index contributed by atoms with van der Waals surface area (Å²) in [5, 5.41) is 12.2. The van der Waals surface area contributed by atoms with E-state index >= 15 is 0 Å². The van der Waals surface area contributed by atoms with E-state index in [9.17, 15) is 14.7 Å². The number of hydrogen-bond donors (Lipinski definition) is 0. The van der Waals surface area contributed by atoms with E-state index in [0.29, 0.717) is 10.6 Å². The minimum atomic E-state index is -1.03. The fourth-order valence-electron chi connectivity index (χ4n) is 1.26. The molecule has 0 heterocycles. The van der Waals surface area contributed by atoms with E-state index < -0.39 is 17.5 Å². The van der Waals surface area contributed by atoms with Crippen molar-refractivity contribution in [2.24, 2.45) is 0 Å². The Morgan fingerprint density at radius 1 is 1.44 bits per heavy atom. The fourth-order valence-corrected chi connectivity index (χ4v) is 1.38. The molecule has 18 heavy (non-hydrogen) atoms. The maximum Gasteiger partial charge on any atom is 0.378 e. The molecule has 0 saturated heterocycles. The zero-order valence-corrected chi connectivity index (χ0v) is 10.8. The molecule has 0 saturated carbocycles. The normalized spacial score (nSPS) is 11.2. The average Bonchev–Trinajstić information content (AvgIpc) is 2.32. The largest absolute Gasteiger partial charge is 0.872 e. The topological polar surface area (TPSA) is 66.4 Å². The van der Waals surface area contributed by atoms with E-state index in [2.05, 4.69) is 4.74 Å². The van der Waals surface area contributed by atoms with Gasteiger partial charge >= 0.3 is 5.97 Å². The third kappa shape index (κ3) is 3.60. The Balaban J connectivity index is 2.92. The Labute approximate surface area is 110 Å². The standard InChI is InChI=1S/C13H13ClO4/c1-3-18-13(17)12(16)7-11(15)9-4-5-10(14)8(2)6-9/h4-7,15H,3H2,1-2H3/p-1. The molecule has 96 valence electrons. The highest BCUT2D eigenvalue weighted by molar-refractivity contribution is 6.39. The average molecular weight is 268 g/mol. The highest BCUT2D eigenvalue weighted by Gasteiger charge is 2.11. The van der Waals surface area contributed by atoms with Gasteiger partial charge in [0.05, 0.1) is 6.61 Å². The van der Waals surface area contributed by atoms with Crippen LogP contribution >= 0.6 is 11.6 Å². The first kappa shape index (κ1) is 14.3. The van der Waals surface area contributed by atoms with Crippen LogP contribution in [-0.4, -0.2) is 18.4 Å². The molecule has 5 heteroatoms. The summed E-state index contributed by atoms with van der Waals surface area (Å²) in [6.45, 7) is 3.41. The van der Waals surface area contributed by atoms with E-state index in [1.807, 2.05) is 0 Å². The number of hydrogen-bond acceptors (Lipinski definition) is 4. The minimum Gasteiger partial charge on any atom is -0.872 e. The SMILES string of the molecule is CCOC(=O)C(=O)C=C([O-])c1ccc(Cl)c(C)c1. The first-order valence-corrected chi connectivity index (χ1v) is 5.69. The van der Waals surface area contributed by atoms with Crippen LogP contribution in [0.3, 0.4) is 0 Å². The summed E-state index contributed by atoms with van der Waals surface area (Å²) in [6.07, 6.45) is 0.723. The zero-order valence-electron chi connectivity index (χ0n) is 10.0. The van der Waals surface area contributed by atoms with Gasteiger partial charge in [0.1, 0.15) is 0 Å². The molecule has 0 spiro atoms. The van der Waals surface area contributed by atoms with Gasteiger partial charge in [-0.05, 0) is 37.1 Å². The van der Waals surface area contributed by atoms with Crippen molar-refractivity contribution in [3.8, 4) is 0 Å². The lowest BCUT2D eigenvalue weighted by molar-refractivity contribution is -0.243. The molecule has 0 amide bonds. The van der Waals surface area contributed by atoms with Crippen molar-refractivity contribution in [3.63, 3.8) is 0 Å². The van der Waals surface area contributed by atoms with Crippen molar-refractivity contribution in [2.45, 2.75) is 13.8 Å². The number of aryl methyl sites for hydroxylation is 1. The monoisotopic (exact) mass is 267 g/mol. The first-order valence-electron chi connectivity index (χ1n) is 5.32. The maximum absolute atomic E-state index is 11.7.